The number of rotatable bonds is 0. The van der Waals surface area contributed by atoms with Gasteiger partial charge in [-0.15, -0.1) is 0 Å². The van der Waals surface area contributed by atoms with Crippen LogP contribution in [0.3, 0.4) is 0 Å². The van der Waals surface area contributed by atoms with E-state index in [9.17, 15) is 0 Å². The minimum Gasteiger partial charge on any atom is -0.246 e. The number of hydrogen-bond acceptors (Lipinski definition) is 1. The van der Waals surface area contributed by atoms with Gasteiger partial charge in [0.1, 0.15) is 4.60 Å². The Morgan fingerprint density at radius 3 is 2.09 bits per heavy atom. The summed E-state index contributed by atoms with van der Waals surface area (Å²) in [5.41, 5.74) is 2.32. The predicted molar refractivity (Wildman–Crippen MR) is 52.8 cm³/mol. The van der Waals surface area contributed by atoms with E-state index in [4.69, 9.17) is 0 Å². The topological polar surface area (TPSA) is 12.9 Å². The second kappa shape index (κ2) is 5.30. The highest BCUT2D eigenvalue weighted by atomic mass is 79.9. The Bertz CT molecular complexity index is 221. The summed E-state index contributed by atoms with van der Waals surface area (Å²) in [5, 5.41) is 0. The molecule has 0 saturated carbocycles. The number of aryl methyl sites for hydroxylation is 2. The zero-order chi connectivity index (χ0) is 8.85. The predicted octanol–water partition coefficient (Wildman–Crippen LogP) is 3.49. The van der Waals surface area contributed by atoms with E-state index in [1.165, 1.54) is 5.56 Å². The first-order chi connectivity index (χ1) is 5.20. The molecule has 0 aliphatic carbocycles. The molecule has 1 rings (SSSR count). The largest absolute Gasteiger partial charge is 0.246 e. The second-order valence-electron chi connectivity index (χ2n) is 2.04. The molecule has 1 nitrogen and oxygen atoms in total. The van der Waals surface area contributed by atoms with Gasteiger partial charge in [0.25, 0.3) is 0 Å². The van der Waals surface area contributed by atoms with Crippen molar-refractivity contribution < 1.29 is 0 Å². The average Bonchev–Trinajstić information content (AvgIpc) is 2.02. The van der Waals surface area contributed by atoms with Crippen LogP contribution in [-0.4, -0.2) is 4.98 Å². The maximum Gasteiger partial charge on any atom is 0.106 e. The van der Waals surface area contributed by atoms with Crippen molar-refractivity contribution in [1.82, 2.24) is 4.98 Å². The quantitative estimate of drug-likeness (QED) is 0.605. The third kappa shape index (κ3) is 3.51. The fraction of sp³-hybridized carbons (Fsp3) is 0.444. The molecule has 0 unspecified atom stereocenters. The SMILES string of the molecule is CC.Cc1ccc(Br)nc1C. The molecule has 1 aromatic heterocycles. The molecule has 2 heteroatoms. The molecule has 0 radical (unpaired) electrons. The van der Waals surface area contributed by atoms with Gasteiger partial charge in [-0.2, -0.15) is 0 Å². The second-order valence-corrected chi connectivity index (χ2v) is 2.85. The van der Waals surface area contributed by atoms with Crippen LogP contribution in [0.2, 0.25) is 0 Å². The van der Waals surface area contributed by atoms with Gasteiger partial charge in [0, 0.05) is 5.69 Å². The van der Waals surface area contributed by atoms with Crippen molar-refractivity contribution in [2.45, 2.75) is 27.7 Å². The van der Waals surface area contributed by atoms with Crippen molar-refractivity contribution in [1.29, 1.82) is 0 Å². The van der Waals surface area contributed by atoms with E-state index in [0.717, 1.165) is 10.3 Å². The Kier molecular flexibility index (Phi) is 5.12. The van der Waals surface area contributed by atoms with E-state index in [1.807, 2.05) is 32.9 Å². The normalized spacial score (nSPS) is 8.45. The van der Waals surface area contributed by atoms with Crippen molar-refractivity contribution >= 4 is 15.9 Å². The molecule has 0 N–H and O–H groups in total. The molecular weight excluding hydrogens is 202 g/mol. The molecule has 0 atom stereocenters. The summed E-state index contributed by atoms with van der Waals surface area (Å²) in [5.74, 6) is 0. The summed E-state index contributed by atoms with van der Waals surface area (Å²) in [4.78, 5) is 4.19. The number of nitrogens with zero attached hydrogens (tertiary/aromatic N) is 1. The highest BCUT2D eigenvalue weighted by Crippen LogP contribution is 2.09. The zero-order valence-electron chi connectivity index (χ0n) is 7.48. The molecule has 1 heterocycles. The lowest BCUT2D eigenvalue weighted by Gasteiger charge is -1.96. The van der Waals surface area contributed by atoms with Gasteiger partial charge in [0.15, 0.2) is 0 Å². The molecule has 0 aliphatic rings. The highest BCUT2D eigenvalue weighted by molar-refractivity contribution is 9.10. The van der Waals surface area contributed by atoms with Crippen LogP contribution in [-0.2, 0) is 0 Å². The van der Waals surface area contributed by atoms with Gasteiger partial charge < -0.3 is 0 Å². The molecule has 0 amide bonds. The Balaban J connectivity index is 0.000000461. The fourth-order valence-corrected chi connectivity index (χ4v) is 0.998. The number of halogens is 1. The van der Waals surface area contributed by atoms with Gasteiger partial charge in [0.2, 0.25) is 0 Å². The van der Waals surface area contributed by atoms with Crippen molar-refractivity contribution in [3.05, 3.63) is 28.0 Å². The van der Waals surface area contributed by atoms with Gasteiger partial charge in [-0.25, -0.2) is 4.98 Å². The zero-order valence-corrected chi connectivity index (χ0v) is 9.07. The molecule has 0 bridgehead atoms. The maximum absolute atomic E-state index is 4.19. The average molecular weight is 216 g/mol. The van der Waals surface area contributed by atoms with Crippen LogP contribution in [0.15, 0.2) is 16.7 Å². The van der Waals surface area contributed by atoms with Crippen LogP contribution in [0.1, 0.15) is 25.1 Å². The summed E-state index contributed by atoms with van der Waals surface area (Å²) < 4.78 is 0.908. The minimum absolute atomic E-state index is 0.908. The smallest absolute Gasteiger partial charge is 0.106 e. The van der Waals surface area contributed by atoms with Crippen LogP contribution < -0.4 is 0 Å². The first-order valence-corrected chi connectivity index (χ1v) is 4.59. The Morgan fingerprint density at radius 1 is 1.18 bits per heavy atom. The molecule has 0 aliphatic heterocycles. The minimum atomic E-state index is 0.908. The van der Waals surface area contributed by atoms with Crippen molar-refractivity contribution in [2.75, 3.05) is 0 Å². The number of aromatic nitrogens is 1. The highest BCUT2D eigenvalue weighted by Gasteiger charge is 1.91. The summed E-state index contributed by atoms with van der Waals surface area (Å²) in [7, 11) is 0. The van der Waals surface area contributed by atoms with Gasteiger partial charge in [0.05, 0.1) is 0 Å². The summed E-state index contributed by atoms with van der Waals surface area (Å²) >= 11 is 3.29. The monoisotopic (exact) mass is 215 g/mol. The fourth-order valence-electron chi connectivity index (χ4n) is 0.600. The van der Waals surface area contributed by atoms with Crippen molar-refractivity contribution in [3.8, 4) is 0 Å². The maximum atomic E-state index is 4.19. The summed E-state index contributed by atoms with van der Waals surface area (Å²) in [6.45, 7) is 8.05. The summed E-state index contributed by atoms with van der Waals surface area (Å²) in [6, 6.07) is 3.99. The van der Waals surface area contributed by atoms with E-state index in [2.05, 4.69) is 27.8 Å². The molecule has 0 saturated heterocycles. The van der Waals surface area contributed by atoms with E-state index in [0.29, 0.717) is 0 Å². The molecule has 0 aromatic carbocycles. The Labute approximate surface area is 77.0 Å². The molecule has 62 valence electrons. The standard InChI is InChI=1S/C7H8BrN.C2H6/c1-5-3-4-7(8)9-6(5)2;1-2/h3-4H,1-2H3;1-2H3. The lowest BCUT2D eigenvalue weighted by atomic mass is 10.2. The van der Waals surface area contributed by atoms with Crippen molar-refractivity contribution in [2.24, 2.45) is 0 Å². The number of hydrogen-bond donors (Lipinski definition) is 0. The van der Waals surface area contributed by atoms with Gasteiger partial charge in [-0.05, 0) is 41.4 Å². The Hall–Kier alpha value is -0.370. The van der Waals surface area contributed by atoms with E-state index < -0.39 is 0 Å². The molecule has 1 aromatic rings. The van der Waals surface area contributed by atoms with Crippen LogP contribution in [0, 0.1) is 13.8 Å². The van der Waals surface area contributed by atoms with Crippen LogP contribution in [0.5, 0.6) is 0 Å². The first-order valence-electron chi connectivity index (χ1n) is 3.80. The summed E-state index contributed by atoms with van der Waals surface area (Å²) in [6.07, 6.45) is 0. The van der Waals surface area contributed by atoms with Crippen LogP contribution in [0.25, 0.3) is 0 Å². The molecule has 0 spiro atoms. The third-order valence-corrected chi connectivity index (χ3v) is 1.76. The number of pyridine rings is 1. The lowest BCUT2D eigenvalue weighted by molar-refractivity contribution is 1.12. The van der Waals surface area contributed by atoms with Gasteiger partial charge >= 0.3 is 0 Å². The van der Waals surface area contributed by atoms with E-state index in [1.54, 1.807) is 0 Å². The van der Waals surface area contributed by atoms with Gasteiger partial charge in [-0.3, -0.25) is 0 Å². The molecule has 11 heavy (non-hydrogen) atoms. The van der Waals surface area contributed by atoms with E-state index in [-0.39, 0.29) is 0 Å². The third-order valence-electron chi connectivity index (χ3n) is 1.32. The molecule has 0 fully saturated rings. The lowest BCUT2D eigenvalue weighted by Crippen LogP contribution is -1.84. The van der Waals surface area contributed by atoms with E-state index >= 15 is 0 Å². The van der Waals surface area contributed by atoms with Crippen LogP contribution >= 0.6 is 15.9 Å². The molecular formula is C9H14BrN. The Morgan fingerprint density at radius 2 is 1.73 bits per heavy atom. The first kappa shape index (κ1) is 10.6. The van der Waals surface area contributed by atoms with Crippen LogP contribution in [0.4, 0.5) is 0 Å². The van der Waals surface area contributed by atoms with Gasteiger partial charge in [-0.1, -0.05) is 19.9 Å². The van der Waals surface area contributed by atoms with Crippen molar-refractivity contribution in [3.63, 3.8) is 0 Å².